The number of aromatic nitrogens is 1. The zero-order chi connectivity index (χ0) is 18.1. The van der Waals surface area contributed by atoms with E-state index >= 15 is 0 Å². The van der Waals surface area contributed by atoms with Gasteiger partial charge in [-0.3, -0.25) is 9.59 Å². The maximum atomic E-state index is 11.8. The lowest BCUT2D eigenvalue weighted by atomic mass is 10.1. The molecule has 0 bridgehead atoms. The number of imide groups is 1. The summed E-state index contributed by atoms with van der Waals surface area (Å²) >= 11 is 0. The fraction of sp³-hybridized carbons (Fsp3) is 0.421. The van der Waals surface area contributed by atoms with Gasteiger partial charge in [-0.15, -0.1) is 5.06 Å². The van der Waals surface area contributed by atoms with Gasteiger partial charge in [-0.25, -0.2) is 4.79 Å². The third-order valence-corrected chi connectivity index (χ3v) is 5.02. The van der Waals surface area contributed by atoms with Gasteiger partial charge >= 0.3 is 5.97 Å². The van der Waals surface area contributed by atoms with Gasteiger partial charge in [-0.2, -0.15) is 0 Å². The molecule has 0 radical (unpaired) electrons. The van der Waals surface area contributed by atoms with Gasteiger partial charge in [-0.05, 0) is 37.1 Å². The molecule has 1 unspecified atom stereocenters. The number of fused-ring (bicyclic) bond motifs is 2. The molecule has 0 aliphatic carbocycles. The number of nitrogens with zero attached hydrogens (tertiary/aromatic N) is 3. The molecule has 2 amide bonds. The summed E-state index contributed by atoms with van der Waals surface area (Å²) in [5, 5.41) is 0.613. The first-order valence-electron chi connectivity index (χ1n) is 9.00. The van der Waals surface area contributed by atoms with Crippen LogP contribution in [-0.4, -0.2) is 38.4 Å². The Hall–Kier alpha value is -2.83. The number of carbonyl (C=O) groups is 3. The molecule has 1 aromatic rings. The Bertz CT molecular complexity index is 791. The highest BCUT2D eigenvalue weighted by molar-refractivity contribution is 6.01. The van der Waals surface area contributed by atoms with Gasteiger partial charge in [0.2, 0.25) is 0 Å². The number of allylic oxidation sites excluding steroid dienone is 1. The van der Waals surface area contributed by atoms with Crippen LogP contribution in [0.4, 0.5) is 0 Å². The molecule has 0 aromatic carbocycles. The van der Waals surface area contributed by atoms with E-state index in [0.717, 1.165) is 19.5 Å². The molecule has 0 saturated carbocycles. The van der Waals surface area contributed by atoms with Crippen LogP contribution in [0.15, 0.2) is 36.2 Å². The molecule has 26 heavy (non-hydrogen) atoms. The van der Waals surface area contributed by atoms with E-state index < -0.39 is 17.8 Å². The summed E-state index contributed by atoms with van der Waals surface area (Å²) < 4.78 is 2.21. The average molecular weight is 355 g/mol. The quantitative estimate of drug-likeness (QED) is 0.578. The van der Waals surface area contributed by atoms with Crippen LogP contribution in [0.1, 0.15) is 44.2 Å². The molecular formula is C19H21N3O4. The lowest BCUT2D eigenvalue weighted by Crippen LogP contribution is -2.33. The molecule has 1 aromatic heterocycles. The van der Waals surface area contributed by atoms with Crippen LogP contribution in [0.2, 0.25) is 0 Å². The van der Waals surface area contributed by atoms with Gasteiger partial charge in [0.15, 0.2) is 0 Å². The fourth-order valence-electron chi connectivity index (χ4n) is 3.60. The van der Waals surface area contributed by atoms with E-state index in [-0.39, 0.29) is 19.3 Å². The van der Waals surface area contributed by atoms with Crippen LogP contribution in [-0.2, 0) is 25.9 Å². The summed E-state index contributed by atoms with van der Waals surface area (Å²) in [7, 11) is 0. The van der Waals surface area contributed by atoms with Gasteiger partial charge in [0.05, 0.1) is 6.67 Å². The molecule has 3 aliphatic rings. The highest BCUT2D eigenvalue weighted by Crippen LogP contribution is 2.30. The largest absolute Gasteiger partial charge is 0.347 e. The minimum Gasteiger partial charge on any atom is -0.347 e. The molecule has 0 N–H and O–H groups in total. The molecule has 3 aliphatic heterocycles. The topological polar surface area (TPSA) is 71.8 Å². The molecule has 1 fully saturated rings. The normalized spacial score (nSPS) is 21.1. The number of unbranched alkanes of at least 4 members (excludes halogenated alkanes) is 1. The van der Waals surface area contributed by atoms with E-state index in [4.69, 9.17) is 4.84 Å². The molecular weight excluding hydrogens is 334 g/mol. The van der Waals surface area contributed by atoms with Crippen molar-refractivity contribution in [3.63, 3.8) is 0 Å². The molecule has 136 valence electrons. The summed E-state index contributed by atoms with van der Waals surface area (Å²) in [6, 6.07) is 4.48. The third-order valence-electron chi connectivity index (χ3n) is 5.02. The van der Waals surface area contributed by atoms with Gasteiger partial charge in [-0.1, -0.05) is 12.5 Å². The van der Waals surface area contributed by atoms with Crippen molar-refractivity contribution in [3.05, 3.63) is 41.9 Å². The van der Waals surface area contributed by atoms with Crippen molar-refractivity contribution in [3.8, 4) is 0 Å². The monoisotopic (exact) mass is 355 g/mol. The first kappa shape index (κ1) is 16.6. The van der Waals surface area contributed by atoms with Crippen molar-refractivity contribution in [1.82, 2.24) is 14.5 Å². The number of rotatable bonds is 6. The van der Waals surface area contributed by atoms with Crippen LogP contribution < -0.4 is 0 Å². The lowest BCUT2D eigenvalue weighted by molar-refractivity contribution is -0.197. The van der Waals surface area contributed by atoms with E-state index in [9.17, 15) is 14.4 Å². The highest BCUT2D eigenvalue weighted by Gasteiger charge is 2.32. The van der Waals surface area contributed by atoms with Crippen molar-refractivity contribution in [2.75, 3.05) is 0 Å². The first-order chi connectivity index (χ1) is 12.6. The smallest absolute Gasteiger partial charge is 0.333 e. The molecule has 1 atom stereocenters. The van der Waals surface area contributed by atoms with Crippen LogP contribution in [0.5, 0.6) is 0 Å². The Kier molecular flexibility index (Phi) is 4.36. The van der Waals surface area contributed by atoms with Crippen LogP contribution >= 0.6 is 0 Å². The molecule has 4 rings (SSSR count). The van der Waals surface area contributed by atoms with E-state index in [0.29, 0.717) is 17.5 Å². The van der Waals surface area contributed by atoms with Gasteiger partial charge in [0.1, 0.15) is 0 Å². The van der Waals surface area contributed by atoms with Crippen molar-refractivity contribution in [2.45, 2.75) is 51.2 Å². The minimum atomic E-state index is -0.522. The maximum absolute atomic E-state index is 11.8. The summed E-state index contributed by atoms with van der Waals surface area (Å²) in [5.74, 6) is -1.40. The Balaban J connectivity index is 1.21. The number of hydrogen-bond acceptors (Lipinski definition) is 5. The minimum absolute atomic E-state index is 0.120. The summed E-state index contributed by atoms with van der Waals surface area (Å²) in [6.07, 6.45) is 11.5. The second-order valence-electron chi connectivity index (χ2n) is 6.80. The van der Waals surface area contributed by atoms with E-state index in [2.05, 4.69) is 46.0 Å². The number of hydroxylamine groups is 2. The summed E-state index contributed by atoms with van der Waals surface area (Å²) in [6.45, 7) is 0.840. The molecule has 7 nitrogen and oxygen atoms in total. The third kappa shape index (κ3) is 3.16. The Morgan fingerprint density at radius 3 is 2.81 bits per heavy atom. The van der Waals surface area contributed by atoms with Gasteiger partial charge in [0, 0.05) is 42.9 Å². The Labute approximate surface area is 151 Å². The zero-order valence-electron chi connectivity index (χ0n) is 14.5. The van der Waals surface area contributed by atoms with Crippen molar-refractivity contribution in [1.29, 1.82) is 0 Å². The van der Waals surface area contributed by atoms with Crippen molar-refractivity contribution in [2.24, 2.45) is 0 Å². The number of hydrogen-bond donors (Lipinski definition) is 0. The van der Waals surface area contributed by atoms with Crippen LogP contribution in [0.25, 0.3) is 6.08 Å². The molecule has 0 spiro atoms. The number of amides is 2. The predicted molar refractivity (Wildman–Crippen MR) is 92.8 cm³/mol. The van der Waals surface area contributed by atoms with Crippen molar-refractivity contribution < 1.29 is 19.2 Å². The van der Waals surface area contributed by atoms with Crippen LogP contribution in [0, 0.1) is 0 Å². The van der Waals surface area contributed by atoms with E-state index in [1.807, 2.05) is 0 Å². The second kappa shape index (κ2) is 6.82. The van der Waals surface area contributed by atoms with Gasteiger partial charge in [0.25, 0.3) is 11.8 Å². The zero-order valence-corrected chi connectivity index (χ0v) is 14.5. The Morgan fingerprint density at radius 1 is 1.19 bits per heavy atom. The summed E-state index contributed by atoms with van der Waals surface area (Å²) in [5.41, 5.74) is 2.45. The standard InChI is InChI=1S/C19H21N3O4/c23-17-9-10-18(24)22(17)26-19(25)6-2-1-4-14-7-8-16-12-15-5-3-11-20(15)13-21(14)16/h3,5,7-8,11-12,14H,1-2,4,6,9-10,13H2. The Morgan fingerprint density at radius 2 is 2.00 bits per heavy atom. The average Bonchev–Trinajstić information content (AvgIpc) is 3.32. The lowest BCUT2D eigenvalue weighted by Gasteiger charge is -2.32. The molecule has 4 heterocycles. The fourth-order valence-corrected chi connectivity index (χ4v) is 3.60. The highest BCUT2D eigenvalue weighted by atomic mass is 16.7. The summed E-state index contributed by atoms with van der Waals surface area (Å²) in [4.78, 5) is 41.9. The molecule has 7 heteroatoms. The molecule has 1 saturated heterocycles. The second-order valence-corrected chi connectivity index (χ2v) is 6.80. The number of carbonyl (C=O) groups excluding carboxylic acids is 3. The maximum Gasteiger partial charge on any atom is 0.333 e. The predicted octanol–water partition coefficient (Wildman–Crippen LogP) is 2.21. The van der Waals surface area contributed by atoms with E-state index in [1.165, 1.54) is 11.4 Å². The van der Waals surface area contributed by atoms with E-state index in [1.54, 1.807) is 0 Å². The van der Waals surface area contributed by atoms with Gasteiger partial charge < -0.3 is 14.3 Å². The first-order valence-corrected chi connectivity index (χ1v) is 9.00. The van der Waals surface area contributed by atoms with Crippen LogP contribution in [0.3, 0.4) is 0 Å². The SMILES string of the molecule is O=C(CCCCC1C=CC2=Cc3cccn3CN21)ON1C(=O)CCC1=O. The van der Waals surface area contributed by atoms with Crippen molar-refractivity contribution >= 4 is 23.9 Å².